The number of aliphatic hydroxyl groups is 3. The smallest absolute Gasteiger partial charge is 0.255 e. The van der Waals surface area contributed by atoms with E-state index in [0.29, 0.717) is 11.3 Å². The zero-order valence-corrected chi connectivity index (χ0v) is 25.6. The van der Waals surface area contributed by atoms with Crippen LogP contribution in [0.3, 0.4) is 0 Å². The lowest BCUT2D eigenvalue weighted by Crippen LogP contribution is -2.65. The van der Waals surface area contributed by atoms with Gasteiger partial charge < -0.3 is 31.1 Å². The molecule has 0 heterocycles. The Hall–Kier alpha value is -4.33. The summed E-state index contributed by atoms with van der Waals surface area (Å²) in [5.41, 5.74) is 2.68. The molecule has 0 spiro atoms. The second kappa shape index (κ2) is 11.2. The number of phenolic OH excluding ortho intramolecular Hbond substituents is 1. The maximum absolute atomic E-state index is 14.3. The quantitative estimate of drug-likeness (QED) is 0.287. The Morgan fingerprint density at radius 3 is 2.22 bits per heavy atom. The van der Waals surface area contributed by atoms with Crippen molar-refractivity contribution in [3.05, 3.63) is 75.1 Å². The molecule has 0 radical (unpaired) electrons. The molecular formula is C32H36F2N4O7. The number of halogens is 2. The Labute approximate surface area is 258 Å². The van der Waals surface area contributed by atoms with Crippen LogP contribution in [0.1, 0.15) is 28.7 Å². The normalized spacial score (nSPS) is 24.6. The predicted octanol–water partition coefficient (Wildman–Crippen LogP) is 1.94. The molecule has 0 aromatic heterocycles. The van der Waals surface area contributed by atoms with Crippen molar-refractivity contribution in [1.82, 2.24) is 9.80 Å². The number of nitrogens with zero attached hydrogens (tertiary/aromatic N) is 3. The van der Waals surface area contributed by atoms with Crippen LogP contribution in [-0.4, -0.2) is 94.6 Å². The van der Waals surface area contributed by atoms with Crippen molar-refractivity contribution >= 4 is 28.9 Å². The molecule has 2 aromatic rings. The number of amides is 1. The third-order valence-electron chi connectivity index (χ3n) is 9.19. The summed E-state index contributed by atoms with van der Waals surface area (Å²) in [5, 5.41) is 46.0. The molecule has 3 aliphatic carbocycles. The van der Waals surface area contributed by atoms with Crippen molar-refractivity contribution in [1.29, 1.82) is 0 Å². The van der Waals surface area contributed by atoms with Gasteiger partial charge in [-0.25, -0.2) is 8.78 Å². The molecule has 5 rings (SSSR count). The van der Waals surface area contributed by atoms with E-state index in [-0.39, 0.29) is 53.9 Å². The molecule has 45 heavy (non-hydrogen) atoms. The number of aromatic hydroxyl groups is 1. The van der Waals surface area contributed by atoms with Crippen LogP contribution >= 0.6 is 0 Å². The molecule has 0 bridgehead atoms. The van der Waals surface area contributed by atoms with Gasteiger partial charge in [-0.15, -0.1) is 0 Å². The lowest BCUT2D eigenvalue weighted by atomic mass is 9.57. The Morgan fingerprint density at radius 1 is 1.04 bits per heavy atom. The molecular weight excluding hydrogens is 590 g/mol. The fraction of sp³-hybridized carbons (Fsp3) is 0.406. The lowest BCUT2D eigenvalue weighted by Gasteiger charge is -2.50. The third-order valence-corrected chi connectivity index (χ3v) is 9.19. The highest BCUT2D eigenvalue weighted by atomic mass is 19.1. The summed E-state index contributed by atoms with van der Waals surface area (Å²) in [6.07, 6.45) is 0.101. The second-order valence-corrected chi connectivity index (χ2v) is 12.5. The first-order valence-electron chi connectivity index (χ1n) is 14.3. The van der Waals surface area contributed by atoms with Gasteiger partial charge >= 0.3 is 0 Å². The van der Waals surface area contributed by atoms with Gasteiger partial charge in [0.15, 0.2) is 11.4 Å². The zero-order valence-electron chi connectivity index (χ0n) is 25.6. The number of benzene rings is 2. The number of Topliss-reactive ketones (excluding diaryl/α,β-unsaturated/α-hetero) is 2. The minimum absolute atomic E-state index is 0.00213. The first-order valence-corrected chi connectivity index (χ1v) is 14.3. The van der Waals surface area contributed by atoms with E-state index in [9.17, 15) is 43.6 Å². The minimum atomic E-state index is -2.74. The van der Waals surface area contributed by atoms with Crippen molar-refractivity contribution < 1.29 is 43.6 Å². The number of likely N-dealkylation sites (N-methyl/N-ethyl adjacent to an activating group) is 1. The molecule has 6 N–H and O–H groups in total. The van der Waals surface area contributed by atoms with Gasteiger partial charge in [-0.1, -0.05) is 6.07 Å². The van der Waals surface area contributed by atoms with Crippen molar-refractivity contribution in [3.8, 4) is 5.75 Å². The van der Waals surface area contributed by atoms with Crippen LogP contribution in [0, 0.1) is 23.5 Å². The number of primary amides is 1. The summed E-state index contributed by atoms with van der Waals surface area (Å²) < 4.78 is 28.6. The van der Waals surface area contributed by atoms with Crippen LogP contribution in [0.15, 0.2) is 41.2 Å². The number of hydrogen-bond acceptors (Lipinski definition) is 10. The molecule has 240 valence electrons. The third kappa shape index (κ3) is 4.86. The number of aliphatic hydroxyl groups excluding tert-OH is 2. The Bertz CT molecular complexity index is 1680. The van der Waals surface area contributed by atoms with Crippen molar-refractivity contribution in [2.45, 2.75) is 37.6 Å². The summed E-state index contributed by atoms with van der Waals surface area (Å²) in [6, 6.07) is 4.08. The summed E-state index contributed by atoms with van der Waals surface area (Å²) in [7, 11) is 8.19. The monoisotopic (exact) mass is 626 g/mol. The van der Waals surface area contributed by atoms with Gasteiger partial charge in [-0.05, 0) is 63.7 Å². The number of fused-ring (bicyclic) bond motifs is 3. The molecule has 1 saturated carbocycles. The van der Waals surface area contributed by atoms with E-state index >= 15 is 0 Å². The van der Waals surface area contributed by atoms with Crippen LogP contribution in [0.5, 0.6) is 5.75 Å². The Balaban J connectivity index is 1.64. The number of rotatable bonds is 7. The maximum atomic E-state index is 14.3. The molecule has 1 amide bonds. The van der Waals surface area contributed by atoms with Crippen molar-refractivity contribution in [3.63, 3.8) is 0 Å². The molecule has 13 heteroatoms. The van der Waals surface area contributed by atoms with E-state index in [2.05, 4.69) is 0 Å². The molecule has 11 nitrogen and oxygen atoms in total. The number of carbonyl (C=O) groups excluding carboxylic acids is 3. The fourth-order valence-corrected chi connectivity index (χ4v) is 7.17. The number of nitrogens with two attached hydrogens (primary N) is 1. The average molecular weight is 627 g/mol. The van der Waals surface area contributed by atoms with Gasteiger partial charge in [0.05, 0.1) is 11.6 Å². The standard InChI is InChI=1S/C32H36F2N4O7/c1-36(2)21-11-15(12-38(5)13-17-19(33)7-6-8-20(17)34)26(39)23-16(21)9-14-10-18-25(37(3)4)28(41)24(31(35)44)30(43)32(18,45)29(42)22(14)27(23)40/h6-8,11,14,18,25,39-40,43,45H,9-10,12-13H2,1-5H3,(H2,35,44)/t14?,18?,25-,32-/m0/s1. The van der Waals surface area contributed by atoms with Gasteiger partial charge in [0, 0.05) is 55.5 Å². The van der Waals surface area contributed by atoms with E-state index in [1.54, 1.807) is 37.0 Å². The highest BCUT2D eigenvalue weighted by Gasteiger charge is 2.64. The van der Waals surface area contributed by atoms with Gasteiger partial charge in [0.25, 0.3) is 5.91 Å². The van der Waals surface area contributed by atoms with E-state index < -0.39 is 69.7 Å². The van der Waals surface area contributed by atoms with E-state index in [4.69, 9.17) is 5.73 Å². The Morgan fingerprint density at radius 2 is 1.67 bits per heavy atom. The van der Waals surface area contributed by atoms with Gasteiger partial charge in [-0.2, -0.15) is 0 Å². The fourth-order valence-electron chi connectivity index (χ4n) is 7.17. The second-order valence-electron chi connectivity index (χ2n) is 12.5. The van der Waals surface area contributed by atoms with E-state index in [1.165, 1.54) is 25.1 Å². The van der Waals surface area contributed by atoms with E-state index in [1.807, 2.05) is 0 Å². The number of carbonyl (C=O) groups is 3. The number of phenols is 1. The topological polar surface area (TPSA) is 168 Å². The largest absolute Gasteiger partial charge is 0.508 e. The summed E-state index contributed by atoms with van der Waals surface area (Å²) in [5.74, 6) is -8.72. The number of anilines is 1. The number of ketones is 2. The minimum Gasteiger partial charge on any atom is -0.508 e. The zero-order chi connectivity index (χ0) is 33.3. The SMILES string of the molecule is CN(Cc1cc(N(C)C)c2c(c1O)C(O)=C1C(=O)[C@]3(O)C(O)=C(C(N)=O)C(=O)[C@@H](N(C)C)C3CC1C2)Cc1c(F)cccc1F. The molecule has 2 aromatic carbocycles. The van der Waals surface area contributed by atoms with Crippen molar-refractivity contribution in [2.75, 3.05) is 40.1 Å². The summed E-state index contributed by atoms with van der Waals surface area (Å²) >= 11 is 0. The first kappa shape index (κ1) is 32.1. The van der Waals surface area contributed by atoms with Crippen LogP contribution in [0.4, 0.5) is 14.5 Å². The molecule has 3 aliphatic rings. The molecule has 1 fully saturated rings. The van der Waals surface area contributed by atoms with E-state index in [0.717, 1.165) is 12.1 Å². The van der Waals surface area contributed by atoms with Crippen LogP contribution in [-0.2, 0) is 33.9 Å². The average Bonchev–Trinajstić information content (AvgIpc) is 2.93. The van der Waals surface area contributed by atoms with Gasteiger partial charge in [-0.3, -0.25) is 24.2 Å². The van der Waals surface area contributed by atoms with Crippen LogP contribution in [0.25, 0.3) is 5.76 Å². The molecule has 0 saturated heterocycles. The summed E-state index contributed by atoms with van der Waals surface area (Å²) in [4.78, 5) is 44.4. The van der Waals surface area contributed by atoms with Gasteiger partial charge in [0.2, 0.25) is 5.78 Å². The molecule has 0 aliphatic heterocycles. The first-order chi connectivity index (χ1) is 21.0. The van der Waals surface area contributed by atoms with Crippen LogP contribution < -0.4 is 10.6 Å². The Kier molecular flexibility index (Phi) is 8.01. The number of hydrogen-bond donors (Lipinski definition) is 5. The predicted molar refractivity (Wildman–Crippen MR) is 160 cm³/mol. The lowest BCUT2D eigenvalue weighted by molar-refractivity contribution is -0.153. The highest BCUT2D eigenvalue weighted by Crippen LogP contribution is 2.54. The highest BCUT2D eigenvalue weighted by molar-refractivity contribution is 6.24. The van der Waals surface area contributed by atoms with Crippen molar-refractivity contribution in [2.24, 2.45) is 17.6 Å². The van der Waals surface area contributed by atoms with Gasteiger partial charge in [0.1, 0.15) is 34.5 Å². The summed E-state index contributed by atoms with van der Waals surface area (Å²) in [6.45, 7) is -0.133. The maximum Gasteiger partial charge on any atom is 0.255 e. The molecule has 4 atom stereocenters. The van der Waals surface area contributed by atoms with Crippen LogP contribution in [0.2, 0.25) is 0 Å². The molecule has 2 unspecified atom stereocenters.